The fraction of sp³-hybridized carbons (Fsp3) is 0.938. The minimum atomic E-state index is -0.397. The summed E-state index contributed by atoms with van der Waals surface area (Å²) in [7, 11) is 0. The van der Waals surface area contributed by atoms with E-state index in [1.54, 1.807) is 4.90 Å². The second-order valence-corrected chi connectivity index (χ2v) is 7.87. The molecule has 1 unspecified atom stereocenters. The average Bonchev–Trinajstić information content (AvgIpc) is 3.05. The topological polar surface area (TPSA) is 44.8 Å². The molecule has 3 rings (SSSR count). The predicted octanol–water partition coefficient (Wildman–Crippen LogP) is 1.68. The van der Waals surface area contributed by atoms with Crippen LogP contribution in [0.2, 0.25) is 0 Å². The molecule has 1 aliphatic carbocycles. The number of hydrogen-bond donors (Lipinski definition) is 1. The van der Waals surface area contributed by atoms with Gasteiger partial charge in [0.1, 0.15) is 5.60 Å². The minimum absolute atomic E-state index is 0.179. The summed E-state index contributed by atoms with van der Waals surface area (Å²) in [6.07, 6.45) is 3.97. The highest BCUT2D eigenvalue weighted by atomic mass is 16.6. The Kier molecular flexibility index (Phi) is 4.14. The highest BCUT2D eigenvalue weighted by molar-refractivity contribution is 5.69. The molecule has 3 fully saturated rings. The zero-order valence-electron chi connectivity index (χ0n) is 13.6. The van der Waals surface area contributed by atoms with Gasteiger partial charge in [-0.25, -0.2) is 4.79 Å². The van der Waals surface area contributed by atoms with Crippen molar-refractivity contribution in [2.45, 2.75) is 57.7 Å². The van der Waals surface area contributed by atoms with E-state index in [4.69, 9.17) is 4.74 Å². The van der Waals surface area contributed by atoms with Gasteiger partial charge in [-0.2, -0.15) is 0 Å². The number of amides is 1. The molecule has 1 atom stereocenters. The molecule has 2 heterocycles. The molecule has 21 heavy (non-hydrogen) atoms. The normalized spacial score (nSPS) is 27.8. The maximum Gasteiger partial charge on any atom is 0.410 e. The van der Waals surface area contributed by atoms with Gasteiger partial charge in [-0.15, -0.1) is 0 Å². The quantitative estimate of drug-likeness (QED) is 0.857. The first-order chi connectivity index (χ1) is 9.90. The van der Waals surface area contributed by atoms with Gasteiger partial charge in [-0.05, 0) is 59.0 Å². The second-order valence-electron chi connectivity index (χ2n) is 7.87. The van der Waals surface area contributed by atoms with Gasteiger partial charge < -0.3 is 19.9 Å². The maximum absolute atomic E-state index is 11.8. The average molecular weight is 295 g/mol. The van der Waals surface area contributed by atoms with Gasteiger partial charge in [0.05, 0.1) is 0 Å². The molecule has 1 amide bonds. The van der Waals surface area contributed by atoms with Crippen molar-refractivity contribution in [1.29, 1.82) is 0 Å². The number of hydrogen-bond acceptors (Lipinski definition) is 4. The smallest absolute Gasteiger partial charge is 0.410 e. The Morgan fingerprint density at radius 2 is 1.90 bits per heavy atom. The Morgan fingerprint density at radius 3 is 2.52 bits per heavy atom. The van der Waals surface area contributed by atoms with Crippen molar-refractivity contribution in [2.24, 2.45) is 5.92 Å². The third kappa shape index (κ3) is 4.10. The molecule has 0 radical (unpaired) electrons. The lowest BCUT2D eigenvalue weighted by Crippen LogP contribution is -2.61. The van der Waals surface area contributed by atoms with Crippen molar-refractivity contribution >= 4 is 6.09 Å². The molecule has 0 aromatic heterocycles. The number of ether oxygens (including phenoxy) is 1. The van der Waals surface area contributed by atoms with Gasteiger partial charge in [0, 0.05) is 31.7 Å². The van der Waals surface area contributed by atoms with Crippen LogP contribution in [-0.2, 0) is 4.74 Å². The Bertz CT molecular complexity index is 383. The number of carbonyl (C=O) groups excluding carboxylic acids is 1. The number of nitrogens with zero attached hydrogens (tertiary/aromatic N) is 2. The molecule has 2 aliphatic heterocycles. The Labute approximate surface area is 128 Å². The summed E-state index contributed by atoms with van der Waals surface area (Å²) in [5.41, 5.74) is -0.397. The van der Waals surface area contributed by atoms with Crippen LogP contribution in [-0.4, -0.2) is 66.3 Å². The molecule has 5 nitrogen and oxygen atoms in total. The largest absolute Gasteiger partial charge is 0.444 e. The van der Waals surface area contributed by atoms with E-state index in [1.807, 2.05) is 20.8 Å². The fourth-order valence-corrected chi connectivity index (χ4v) is 3.22. The van der Waals surface area contributed by atoms with Crippen LogP contribution in [0.25, 0.3) is 0 Å². The van der Waals surface area contributed by atoms with E-state index in [0.717, 1.165) is 31.6 Å². The van der Waals surface area contributed by atoms with Crippen LogP contribution in [0, 0.1) is 5.92 Å². The molecule has 1 saturated carbocycles. The highest BCUT2D eigenvalue weighted by Gasteiger charge is 2.36. The standard InChI is InChI=1S/C16H29N3O2/c1-16(2,3)21-15(20)19-10-13(11-19)17-8-12-6-7-18(9-12)14-4-5-14/h12-14,17H,4-11H2,1-3H3. The first kappa shape index (κ1) is 15.1. The van der Waals surface area contributed by atoms with Gasteiger partial charge in [-0.1, -0.05) is 0 Å². The maximum atomic E-state index is 11.8. The van der Waals surface area contributed by atoms with Crippen molar-refractivity contribution < 1.29 is 9.53 Å². The molecule has 0 bridgehead atoms. The number of likely N-dealkylation sites (tertiary alicyclic amines) is 2. The number of nitrogens with one attached hydrogen (secondary N) is 1. The monoisotopic (exact) mass is 295 g/mol. The molecule has 5 heteroatoms. The summed E-state index contributed by atoms with van der Waals surface area (Å²) in [6, 6.07) is 1.36. The van der Waals surface area contributed by atoms with E-state index in [2.05, 4.69) is 10.2 Å². The first-order valence-electron chi connectivity index (χ1n) is 8.36. The lowest BCUT2D eigenvalue weighted by atomic mass is 10.1. The van der Waals surface area contributed by atoms with Gasteiger partial charge >= 0.3 is 6.09 Å². The van der Waals surface area contributed by atoms with Crippen LogP contribution in [0.3, 0.4) is 0 Å². The van der Waals surface area contributed by atoms with E-state index in [1.165, 1.54) is 32.4 Å². The Hall–Kier alpha value is -0.810. The molecular formula is C16H29N3O2. The third-order valence-corrected chi connectivity index (χ3v) is 4.61. The molecular weight excluding hydrogens is 266 g/mol. The van der Waals surface area contributed by atoms with Crippen LogP contribution < -0.4 is 5.32 Å². The van der Waals surface area contributed by atoms with Crippen LogP contribution in [0.4, 0.5) is 4.79 Å². The molecule has 0 aromatic carbocycles. The van der Waals surface area contributed by atoms with E-state index in [9.17, 15) is 4.79 Å². The lowest BCUT2D eigenvalue weighted by Gasteiger charge is -2.40. The van der Waals surface area contributed by atoms with Gasteiger partial charge in [0.25, 0.3) is 0 Å². The Balaban J connectivity index is 1.29. The number of rotatable bonds is 4. The van der Waals surface area contributed by atoms with E-state index in [-0.39, 0.29) is 6.09 Å². The van der Waals surface area contributed by atoms with Crippen molar-refractivity contribution in [1.82, 2.24) is 15.1 Å². The molecule has 2 saturated heterocycles. The molecule has 0 spiro atoms. The third-order valence-electron chi connectivity index (χ3n) is 4.61. The number of carbonyl (C=O) groups is 1. The van der Waals surface area contributed by atoms with Crippen molar-refractivity contribution in [3.63, 3.8) is 0 Å². The van der Waals surface area contributed by atoms with Gasteiger partial charge in [-0.3, -0.25) is 0 Å². The molecule has 3 aliphatic rings. The molecule has 0 aromatic rings. The van der Waals surface area contributed by atoms with E-state index < -0.39 is 5.60 Å². The van der Waals surface area contributed by atoms with E-state index in [0.29, 0.717) is 6.04 Å². The summed E-state index contributed by atoms with van der Waals surface area (Å²) in [6.45, 7) is 10.9. The minimum Gasteiger partial charge on any atom is -0.444 e. The summed E-state index contributed by atoms with van der Waals surface area (Å²) in [5.74, 6) is 0.793. The molecule has 120 valence electrons. The van der Waals surface area contributed by atoms with Crippen molar-refractivity contribution in [2.75, 3.05) is 32.7 Å². The zero-order valence-corrected chi connectivity index (χ0v) is 13.6. The van der Waals surface area contributed by atoms with E-state index >= 15 is 0 Å². The SMILES string of the molecule is CC(C)(C)OC(=O)N1CC(NCC2CCN(C3CC3)C2)C1. The zero-order chi connectivity index (χ0) is 15.0. The van der Waals surface area contributed by atoms with Crippen LogP contribution in [0.1, 0.15) is 40.0 Å². The van der Waals surface area contributed by atoms with Gasteiger partial charge in [0.2, 0.25) is 0 Å². The fourth-order valence-electron chi connectivity index (χ4n) is 3.22. The summed E-state index contributed by atoms with van der Waals surface area (Å²) in [4.78, 5) is 16.3. The Morgan fingerprint density at radius 1 is 1.19 bits per heavy atom. The van der Waals surface area contributed by atoms with Gasteiger partial charge in [0.15, 0.2) is 0 Å². The summed E-state index contributed by atoms with van der Waals surface area (Å²) in [5, 5.41) is 3.61. The predicted molar refractivity (Wildman–Crippen MR) is 82.3 cm³/mol. The van der Waals surface area contributed by atoms with Crippen LogP contribution in [0.5, 0.6) is 0 Å². The first-order valence-corrected chi connectivity index (χ1v) is 8.36. The van der Waals surface area contributed by atoms with Crippen molar-refractivity contribution in [3.8, 4) is 0 Å². The highest BCUT2D eigenvalue weighted by Crippen LogP contribution is 2.31. The summed E-state index contributed by atoms with van der Waals surface area (Å²) < 4.78 is 5.37. The van der Waals surface area contributed by atoms with Crippen LogP contribution >= 0.6 is 0 Å². The van der Waals surface area contributed by atoms with Crippen molar-refractivity contribution in [3.05, 3.63) is 0 Å². The van der Waals surface area contributed by atoms with Crippen LogP contribution in [0.15, 0.2) is 0 Å². The molecule has 1 N–H and O–H groups in total. The second kappa shape index (κ2) is 5.76. The summed E-state index contributed by atoms with van der Waals surface area (Å²) >= 11 is 0. The lowest BCUT2D eigenvalue weighted by molar-refractivity contribution is 0.00504.